The van der Waals surface area contributed by atoms with E-state index in [-0.39, 0.29) is 39.7 Å². The molecule has 2 radical (unpaired) electrons. The molecule has 0 bridgehead atoms. The average Bonchev–Trinajstić information content (AvgIpc) is 3.47. The van der Waals surface area contributed by atoms with Gasteiger partial charge in [0.05, 0.1) is 0 Å². The van der Waals surface area contributed by atoms with E-state index in [9.17, 15) is 0 Å². The standard InChI is InChI=1S/2C16H13.2CH3.2ClH.Hf.Si/c2*1-12-10-14-8-5-9-15(16(14)11-12)13-6-3-2-4-7-13;;;;;;/h2*2-11H,1H3;2*1H3;2*1H;;/q4*-1;;;+2;/p-2. The Morgan fingerprint density at radius 2 is 0.842 bits per heavy atom. The maximum absolute atomic E-state index is 3.11. The summed E-state index contributed by atoms with van der Waals surface area (Å²) < 4.78 is 0. The Kier molecular flexibility index (Phi) is 16.4. The van der Waals surface area contributed by atoms with Gasteiger partial charge in [0.1, 0.15) is 0 Å². The molecule has 0 saturated carbocycles. The number of benzene rings is 4. The van der Waals surface area contributed by atoms with Crippen LogP contribution in [0.4, 0.5) is 0 Å². The van der Waals surface area contributed by atoms with Gasteiger partial charge in [-0.05, 0) is 11.1 Å². The Morgan fingerprint density at radius 1 is 0.500 bits per heavy atom. The van der Waals surface area contributed by atoms with Crippen molar-refractivity contribution in [1.29, 1.82) is 0 Å². The molecule has 0 aliphatic rings. The summed E-state index contributed by atoms with van der Waals surface area (Å²) in [6, 6.07) is 43.1. The first-order chi connectivity index (χ1) is 16.7. The van der Waals surface area contributed by atoms with Crippen LogP contribution in [0.1, 0.15) is 11.1 Å². The summed E-state index contributed by atoms with van der Waals surface area (Å²) >= 11 is 1.11. The fraction of sp³-hybridized carbons (Fsp3) is 0.0588. The van der Waals surface area contributed by atoms with Crippen LogP contribution in [0.2, 0.25) is 0 Å². The zero-order chi connectivity index (χ0) is 23.9. The molecule has 0 nitrogen and oxygen atoms in total. The molecule has 0 unspecified atom stereocenters. The van der Waals surface area contributed by atoms with Crippen LogP contribution in [-0.2, 0) is 23.0 Å². The molecule has 0 aliphatic heterocycles. The molecule has 0 atom stereocenters. The van der Waals surface area contributed by atoms with Crippen molar-refractivity contribution in [1.82, 2.24) is 0 Å². The predicted molar refractivity (Wildman–Crippen MR) is 158 cm³/mol. The first kappa shape index (κ1) is 35.8. The minimum atomic E-state index is 0. The predicted octanol–water partition coefficient (Wildman–Crippen LogP) is 3.59. The molecular formula is C34H32Cl2HfSi-4. The first-order valence-corrected chi connectivity index (χ1v) is 17.3. The van der Waals surface area contributed by atoms with Crippen LogP contribution in [0.3, 0.4) is 0 Å². The SMILES string of the molecule is Cc1cc2c(-c3ccccc3)cccc2[cH-]1.Cc1cc2c(-c3ccccc3)cccc2[cH-]1.[CH3-].[CH3-].[Cl-].[Cl-].[Si]=[Hf+2]. The summed E-state index contributed by atoms with van der Waals surface area (Å²) in [6.07, 6.45) is 0. The van der Waals surface area contributed by atoms with Gasteiger partial charge < -0.3 is 39.7 Å². The Balaban J connectivity index is 0.000000616. The van der Waals surface area contributed by atoms with Crippen molar-refractivity contribution in [2.24, 2.45) is 0 Å². The number of hydrogen-bond donors (Lipinski definition) is 0. The Hall–Kier alpha value is -2.23. The molecule has 6 aromatic carbocycles. The Bertz CT molecular complexity index is 1390. The summed E-state index contributed by atoms with van der Waals surface area (Å²) in [5.74, 6) is 0. The second kappa shape index (κ2) is 17.4. The molecule has 0 fully saturated rings. The first-order valence-electron chi connectivity index (χ1n) is 11.4. The molecule has 0 spiro atoms. The Labute approximate surface area is 258 Å². The number of fused-ring (bicyclic) bond motifs is 2. The van der Waals surface area contributed by atoms with Crippen LogP contribution in [-0.4, -0.2) is 6.94 Å². The van der Waals surface area contributed by atoms with Gasteiger partial charge in [0, 0.05) is 0 Å². The van der Waals surface area contributed by atoms with Crippen molar-refractivity contribution < 1.29 is 47.8 Å². The zero-order valence-electron chi connectivity index (χ0n) is 22.3. The maximum atomic E-state index is 3.11. The summed E-state index contributed by atoms with van der Waals surface area (Å²) in [5.41, 5.74) is 7.89. The summed E-state index contributed by atoms with van der Waals surface area (Å²) in [7, 11) is 0. The van der Waals surface area contributed by atoms with Gasteiger partial charge in [-0.2, -0.15) is 12.1 Å². The van der Waals surface area contributed by atoms with Crippen molar-refractivity contribution in [2.75, 3.05) is 0 Å². The molecule has 6 rings (SSSR count). The summed E-state index contributed by atoms with van der Waals surface area (Å²) in [5, 5.41) is 5.37. The van der Waals surface area contributed by atoms with Crippen LogP contribution in [0.25, 0.3) is 43.8 Å². The topological polar surface area (TPSA) is 0 Å². The van der Waals surface area contributed by atoms with Gasteiger partial charge in [-0.25, -0.2) is 0 Å². The zero-order valence-corrected chi connectivity index (χ0v) is 28.4. The molecule has 0 heterocycles. The number of halogens is 2. The van der Waals surface area contributed by atoms with Gasteiger partial charge in [0.15, 0.2) is 0 Å². The molecule has 0 N–H and O–H groups in total. The van der Waals surface area contributed by atoms with E-state index in [1.807, 2.05) is 0 Å². The van der Waals surface area contributed by atoms with Crippen molar-refractivity contribution in [3.8, 4) is 22.3 Å². The molecule has 0 saturated heterocycles. The van der Waals surface area contributed by atoms with Gasteiger partial charge >= 0.3 is 29.9 Å². The van der Waals surface area contributed by atoms with Crippen LogP contribution >= 0.6 is 0 Å². The van der Waals surface area contributed by atoms with E-state index >= 15 is 0 Å². The van der Waals surface area contributed by atoms with E-state index < -0.39 is 0 Å². The third-order valence-corrected chi connectivity index (χ3v) is 5.96. The number of rotatable bonds is 2. The summed E-state index contributed by atoms with van der Waals surface area (Å²) in [6.45, 7) is 7.41. The van der Waals surface area contributed by atoms with Crippen molar-refractivity contribution >= 4 is 28.5 Å². The molecule has 6 aromatic rings. The van der Waals surface area contributed by atoms with Crippen LogP contribution in [0.5, 0.6) is 0 Å². The normalized spacial score (nSPS) is 9.26. The van der Waals surface area contributed by atoms with Crippen molar-refractivity contribution in [2.45, 2.75) is 13.8 Å². The quantitative estimate of drug-likeness (QED) is 0.190. The van der Waals surface area contributed by atoms with Crippen molar-refractivity contribution in [3.05, 3.63) is 147 Å². The van der Waals surface area contributed by atoms with Gasteiger partial charge in [-0.1, -0.05) is 97.8 Å². The summed E-state index contributed by atoms with van der Waals surface area (Å²) in [4.78, 5) is 0. The van der Waals surface area contributed by atoms with Gasteiger partial charge in [0.2, 0.25) is 0 Å². The second-order valence-corrected chi connectivity index (χ2v) is 8.41. The van der Waals surface area contributed by atoms with Crippen LogP contribution < -0.4 is 24.8 Å². The van der Waals surface area contributed by atoms with Crippen LogP contribution in [0.15, 0.2) is 121 Å². The van der Waals surface area contributed by atoms with E-state index in [1.54, 1.807) is 0 Å². The molecule has 0 aliphatic carbocycles. The fourth-order valence-electron chi connectivity index (χ4n) is 4.51. The van der Waals surface area contributed by atoms with E-state index in [0.29, 0.717) is 0 Å². The number of hydrogen-bond acceptors (Lipinski definition) is 0. The van der Waals surface area contributed by atoms with Gasteiger partial charge in [-0.15, -0.1) is 69.1 Å². The average molecular weight is 718 g/mol. The monoisotopic (exact) mass is 718 g/mol. The second-order valence-electron chi connectivity index (χ2n) is 8.41. The third kappa shape index (κ3) is 8.38. The van der Waals surface area contributed by atoms with E-state index in [1.165, 1.54) is 54.9 Å². The van der Waals surface area contributed by atoms with E-state index in [0.717, 1.165) is 23.0 Å². The Morgan fingerprint density at radius 3 is 1.18 bits per heavy atom. The van der Waals surface area contributed by atoms with Gasteiger partial charge in [0.25, 0.3) is 0 Å². The fourth-order valence-corrected chi connectivity index (χ4v) is 4.51. The van der Waals surface area contributed by atoms with Gasteiger partial charge in [-0.3, -0.25) is 0 Å². The van der Waals surface area contributed by atoms with E-state index in [4.69, 9.17) is 0 Å². The molecule has 0 aromatic heterocycles. The van der Waals surface area contributed by atoms with E-state index in [2.05, 4.69) is 142 Å². The van der Waals surface area contributed by atoms with Crippen molar-refractivity contribution in [3.63, 3.8) is 0 Å². The third-order valence-electron chi connectivity index (χ3n) is 5.96. The molecule has 0 amide bonds. The minimum absolute atomic E-state index is 0. The molecule has 38 heavy (non-hydrogen) atoms. The molecule has 4 heteroatoms. The molecule has 194 valence electrons. The molecular weight excluding hydrogens is 686 g/mol. The number of aryl methyl sites for hydroxylation is 2. The van der Waals surface area contributed by atoms with Crippen LogP contribution in [0, 0.1) is 28.7 Å².